The normalized spacial score (nSPS) is 21.2. The number of Topliss-reactive ketones (excluding diaryl/α,β-unsaturated/α-hetero) is 1. The molecule has 0 unspecified atom stereocenters. The molecule has 0 saturated carbocycles. The highest BCUT2D eigenvalue weighted by atomic mass is 32.2. The summed E-state index contributed by atoms with van der Waals surface area (Å²) in [6.45, 7) is 1.61. The number of hydrogen-bond acceptors (Lipinski definition) is 7. The Kier molecular flexibility index (Phi) is 7.13. The molecule has 2 aromatic carbocycles. The van der Waals surface area contributed by atoms with E-state index in [0.717, 1.165) is 0 Å². The molecule has 9 nitrogen and oxygen atoms in total. The fourth-order valence-electron chi connectivity index (χ4n) is 4.16. The fourth-order valence-corrected chi connectivity index (χ4v) is 5.57. The van der Waals surface area contributed by atoms with E-state index in [1.807, 2.05) is 6.07 Å². The molecular weight excluding hydrogens is 460 g/mol. The van der Waals surface area contributed by atoms with Crippen LogP contribution in [-0.2, 0) is 29.1 Å². The second kappa shape index (κ2) is 10.1. The smallest absolute Gasteiger partial charge is 0.295 e. The number of morpholine rings is 1. The largest absolute Gasteiger partial charge is 0.507 e. The Hall–Kier alpha value is -3.05. The number of hydrogen-bond donors (Lipinski definition) is 1. The van der Waals surface area contributed by atoms with Crippen molar-refractivity contribution in [1.29, 1.82) is 0 Å². The summed E-state index contributed by atoms with van der Waals surface area (Å²) in [5, 5.41) is 11.1. The van der Waals surface area contributed by atoms with Crippen molar-refractivity contribution < 1.29 is 32.6 Å². The molecule has 0 bridgehead atoms. The average molecular weight is 487 g/mol. The Morgan fingerprint density at radius 2 is 1.71 bits per heavy atom. The quantitative estimate of drug-likeness (QED) is 0.361. The van der Waals surface area contributed by atoms with Crippen molar-refractivity contribution in [2.75, 3.05) is 46.6 Å². The van der Waals surface area contributed by atoms with Crippen LogP contribution in [0.4, 0.5) is 0 Å². The number of amides is 1. The average Bonchev–Trinajstić information content (AvgIpc) is 3.13. The van der Waals surface area contributed by atoms with Gasteiger partial charge in [0.05, 0.1) is 36.3 Å². The molecule has 2 aliphatic rings. The van der Waals surface area contributed by atoms with Crippen molar-refractivity contribution in [2.24, 2.45) is 0 Å². The monoisotopic (exact) mass is 486 g/mol. The fraction of sp³-hybridized carbons (Fsp3) is 0.333. The molecule has 2 saturated heterocycles. The van der Waals surface area contributed by atoms with Crippen molar-refractivity contribution in [3.05, 3.63) is 71.3 Å². The summed E-state index contributed by atoms with van der Waals surface area (Å²) < 4.78 is 37.4. The molecule has 0 aromatic heterocycles. The Morgan fingerprint density at radius 3 is 2.32 bits per heavy atom. The number of rotatable bonds is 7. The lowest BCUT2D eigenvalue weighted by Gasteiger charge is -2.26. The minimum Gasteiger partial charge on any atom is -0.507 e. The summed E-state index contributed by atoms with van der Waals surface area (Å²) in [7, 11) is -2.20. The van der Waals surface area contributed by atoms with Crippen LogP contribution in [0.5, 0.6) is 0 Å². The van der Waals surface area contributed by atoms with Gasteiger partial charge in [0.25, 0.3) is 11.7 Å². The summed E-state index contributed by atoms with van der Waals surface area (Å²) >= 11 is 0. The Bertz CT molecular complexity index is 1190. The van der Waals surface area contributed by atoms with E-state index < -0.39 is 27.8 Å². The number of benzene rings is 2. The van der Waals surface area contributed by atoms with Gasteiger partial charge in [0.15, 0.2) is 0 Å². The number of nitrogens with zero attached hydrogens (tertiary/aromatic N) is 2. The lowest BCUT2D eigenvalue weighted by Crippen LogP contribution is -2.40. The predicted octanol–water partition coefficient (Wildman–Crippen LogP) is 1.78. The van der Waals surface area contributed by atoms with Crippen LogP contribution in [0.15, 0.2) is 65.1 Å². The third-order valence-electron chi connectivity index (χ3n) is 5.93. The van der Waals surface area contributed by atoms with Gasteiger partial charge >= 0.3 is 0 Å². The summed E-state index contributed by atoms with van der Waals surface area (Å²) in [5.41, 5.74) is 0.869. The number of ketones is 1. The summed E-state index contributed by atoms with van der Waals surface area (Å²) in [5.74, 6) is -1.88. The molecule has 0 aliphatic carbocycles. The van der Waals surface area contributed by atoms with Crippen LogP contribution in [0.3, 0.4) is 0 Å². The molecule has 180 valence electrons. The SMILES string of the molecule is COCCN1C(=O)C(=O)/C(=C(/O)c2ccc(S(=O)(=O)N3CCOCC3)cc2)[C@@H]1c1ccccc1. The number of aliphatic hydroxyl groups is 1. The first-order chi connectivity index (χ1) is 16.4. The van der Waals surface area contributed by atoms with Crippen LogP contribution < -0.4 is 0 Å². The van der Waals surface area contributed by atoms with Crippen LogP contribution in [0, 0.1) is 0 Å². The minimum absolute atomic E-state index is 0.0453. The minimum atomic E-state index is -3.70. The standard InChI is InChI=1S/C24H26N2O7S/c1-32-14-13-26-21(17-5-3-2-4-6-17)20(23(28)24(26)29)22(27)18-7-9-19(10-8-18)34(30,31)25-11-15-33-16-12-25/h2-10,21,27H,11-16H2,1H3/b22-20+/t21-/m0/s1. The zero-order chi connectivity index (χ0) is 24.3. The van der Waals surface area contributed by atoms with E-state index in [4.69, 9.17) is 9.47 Å². The maximum Gasteiger partial charge on any atom is 0.295 e. The number of aliphatic hydroxyl groups excluding tert-OH is 1. The number of carbonyl (C=O) groups excluding carboxylic acids is 2. The van der Waals surface area contributed by atoms with Crippen LogP contribution >= 0.6 is 0 Å². The first-order valence-electron chi connectivity index (χ1n) is 10.9. The van der Waals surface area contributed by atoms with Crippen LogP contribution in [0.1, 0.15) is 17.2 Å². The van der Waals surface area contributed by atoms with Gasteiger partial charge in [0.1, 0.15) is 5.76 Å². The molecule has 4 rings (SSSR count). The van der Waals surface area contributed by atoms with Crippen LogP contribution in [0.25, 0.3) is 5.76 Å². The molecule has 2 fully saturated rings. The number of likely N-dealkylation sites (tertiary alicyclic amines) is 1. The first-order valence-corrected chi connectivity index (χ1v) is 12.3. The van der Waals surface area contributed by atoms with Gasteiger partial charge in [-0.1, -0.05) is 30.3 Å². The van der Waals surface area contributed by atoms with Crippen molar-refractivity contribution >= 4 is 27.5 Å². The van der Waals surface area contributed by atoms with E-state index in [-0.39, 0.29) is 48.0 Å². The topological polar surface area (TPSA) is 113 Å². The van der Waals surface area contributed by atoms with Gasteiger partial charge in [-0.2, -0.15) is 4.31 Å². The highest BCUT2D eigenvalue weighted by Crippen LogP contribution is 2.39. The molecule has 2 heterocycles. The maximum absolute atomic E-state index is 12.9. The molecule has 1 atom stereocenters. The molecule has 0 radical (unpaired) electrons. The molecule has 10 heteroatoms. The van der Waals surface area contributed by atoms with Crippen molar-refractivity contribution in [1.82, 2.24) is 9.21 Å². The molecule has 2 aromatic rings. The molecule has 1 N–H and O–H groups in total. The third kappa shape index (κ3) is 4.49. The van der Waals surface area contributed by atoms with Gasteiger partial charge in [-0.15, -0.1) is 0 Å². The van der Waals surface area contributed by atoms with Crippen molar-refractivity contribution in [2.45, 2.75) is 10.9 Å². The summed E-state index contributed by atoms with van der Waals surface area (Å²) in [6, 6.07) is 13.8. The van der Waals surface area contributed by atoms with Gasteiger partial charge in [-0.25, -0.2) is 8.42 Å². The first kappa shape index (κ1) is 24.1. The number of ether oxygens (including phenoxy) is 2. The van der Waals surface area contributed by atoms with Crippen LogP contribution in [-0.4, -0.2) is 81.0 Å². The van der Waals surface area contributed by atoms with Gasteiger partial charge < -0.3 is 19.5 Å². The summed E-state index contributed by atoms with van der Waals surface area (Å²) in [6.07, 6.45) is 0. The Labute approximate surface area is 198 Å². The van der Waals surface area contributed by atoms with Gasteiger partial charge in [-0.3, -0.25) is 9.59 Å². The molecule has 1 amide bonds. The number of carbonyl (C=O) groups is 2. The second-order valence-corrected chi connectivity index (χ2v) is 9.87. The van der Waals surface area contributed by atoms with E-state index in [0.29, 0.717) is 18.8 Å². The van der Waals surface area contributed by atoms with E-state index >= 15 is 0 Å². The lowest BCUT2D eigenvalue weighted by molar-refractivity contribution is -0.140. The second-order valence-electron chi connectivity index (χ2n) is 7.94. The highest BCUT2D eigenvalue weighted by Gasteiger charge is 2.45. The third-order valence-corrected chi connectivity index (χ3v) is 7.84. The number of sulfonamides is 1. The van der Waals surface area contributed by atoms with Crippen molar-refractivity contribution in [3.8, 4) is 0 Å². The molecule has 0 spiro atoms. The van der Waals surface area contributed by atoms with Crippen molar-refractivity contribution in [3.63, 3.8) is 0 Å². The molecular formula is C24H26N2O7S. The van der Waals surface area contributed by atoms with E-state index in [9.17, 15) is 23.1 Å². The van der Waals surface area contributed by atoms with E-state index in [1.165, 1.54) is 40.6 Å². The Morgan fingerprint density at radius 1 is 1.06 bits per heavy atom. The van der Waals surface area contributed by atoms with Crippen LogP contribution in [0.2, 0.25) is 0 Å². The van der Waals surface area contributed by atoms with Gasteiger partial charge in [-0.05, 0) is 29.8 Å². The predicted molar refractivity (Wildman–Crippen MR) is 123 cm³/mol. The Balaban J connectivity index is 1.72. The van der Waals surface area contributed by atoms with Gasteiger partial charge in [0.2, 0.25) is 10.0 Å². The highest BCUT2D eigenvalue weighted by molar-refractivity contribution is 7.89. The van der Waals surface area contributed by atoms with Gasteiger partial charge in [0, 0.05) is 32.3 Å². The van der Waals surface area contributed by atoms with E-state index in [2.05, 4.69) is 0 Å². The molecule has 2 aliphatic heterocycles. The zero-order valence-corrected chi connectivity index (χ0v) is 19.5. The van der Waals surface area contributed by atoms with E-state index in [1.54, 1.807) is 24.3 Å². The summed E-state index contributed by atoms with van der Waals surface area (Å²) in [4.78, 5) is 27.2. The maximum atomic E-state index is 12.9. The zero-order valence-electron chi connectivity index (χ0n) is 18.7. The molecule has 34 heavy (non-hydrogen) atoms. The lowest BCUT2D eigenvalue weighted by atomic mass is 9.95. The number of methoxy groups -OCH3 is 1.